The molecule has 2 atom stereocenters. The maximum atomic E-state index is 12.3. The molecule has 0 bridgehead atoms. The van der Waals surface area contributed by atoms with E-state index in [9.17, 15) is 4.79 Å². The molecule has 1 aromatic carbocycles. The highest BCUT2D eigenvalue weighted by Crippen LogP contribution is 2.27. The van der Waals surface area contributed by atoms with Crippen LogP contribution in [0.1, 0.15) is 12.0 Å². The molecule has 2 heterocycles. The number of hydrogen-bond acceptors (Lipinski definition) is 2. The summed E-state index contributed by atoms with van der Waals surface area (Å²) < 4.78 is 0. The molecule has 2 aliphatic rings. The van der Waals surface area contributed by atoms with Crippen LogP contribution in [0.5, 0.6) is 0 Å². The predicted molar refractivity (Wildman–Crippen MR) is 81.2 cm³/mol. The van der Waals surface area contributed by atoms with Crippen molar-refractivity contribution in [2.24, 2.45) is 11.8 Å². The number of piperidine rings is 1. The van der Waals surface area contributed by atoms with E-state index < -0.39 is 0 Å². The molecule has 2 amide bonds. The minimum atomic E-state index is -0.0183. The summed E-state index contributed by atoms with van der Waals surface area (Å²) in [7, 11) is 0. The van der Waals surface area contributed by atoms with Crippen molar-refractivity contribution in [3.8, 4) is 0 Å². The molecule has 4 nitrogen and oxygen atoms in total. The van der Waals surface area contributed by atoms with Crippen molar-refractivity contribution in [2.45, 2.75) is 13.3 Å². The number of carbonyl (C=O) groups is 1. The molecule has 2 fully saturated rings. The Hall–Kier alpha value is -1.26. The normalized spacial score (nSPS) is 25.4. The van der Waals surface area contributed by atoms with Crippen LogP contribution in [0.2, 0.25) is 5.02 Å². The number of hydrogen-bond donors (Lipinski definition) is 2. The topological polar surface area (TPSA) is 44.4 Å². The van der Waals surface area contributed by atoms with Gasteiger partial charge in [0.15, 0.2) is 0 Å². The molecule has 0 saturated carbocycles. The summed E-state index contributed by atoms with van der Waals surface area (Å²) in [4.78, 5) is 14.2. The number of aryl methyl sites for hydroxylation is 1. The Morgan fingerprint density at radius 1 is 1.40 bits per heavy atom. The fraction of sp³-hybridized carbons (Fsp3) is 0.533. The summed E-state index contributed by atoms with van der Waals surface area (Å²) >= 11 is 6.08. The first-order valence-corrected chi connectivity index (χ1v) is 7.54. The Balaban J connectivity index is 1.62. The molecular formula is C15H20ClN3O. The van der Waals surface area contributed by atoms with E-state index in [0.717, 1.165) is 49.8 Å². The second kappa shape index (κ2) is 5.62. The zero-order valence-electron chi connectivity index (χ0n) is 11.7. The SMILES string of the molecule is Cc1ccc(NC(=O)N2CCC3CNCC3C2)cc1Cl. The summed E-state index contributed by atoms with van der Waals surface area (Å²) in [5.74, 6) is 1.35. The molecule has 2 saturated heterocycles. The van der Waals surface area contributed by atoms with Crippen molar-refractivity contribution in [3.63, 3.8) is 0 Å². The predicted octanol–water partition coefficient (Wildman–Crippen LogP) is 2.72. The van der Waals surface area contributed by atoms with Crippen molar-refractivity contribution in [1.29, 1.82) is 0 Å². The van der Waals surface area contributed by atoms with Crippen LogP contribution in [0.4, 0.5) is 10.5 Å². The lowest BCUT2D eigenvalue weighted by Gasteiger charge is -2.34. The minimum absolute atomic E-state index is 0.0183. The van der Waals surface area contributed by atoms with Crippen LogP contribution in [-0.4, -0.2) is 37.1 Å². The number of nitrogens with one attached hydrogen (secondary N) is 2. The van der Waals surface area contributed by atoms with Crippen LogP contribution in [0.25, 0.3) is 0 Å². The average molecular weight is 294 g/mol. The molecule has 2 aliphatic heterocycles. The zero-order valence-corrected chi connectivity index (χ0v) is 12.4. The van der Waals surface area contributed by atoms with Crippen molar-refractivity contribution >= 4 is 23.3 Å². The molecule has 20 heavy (non-hydrogen) atoms. The fourth-order valence-corrected chi connectivity index (χ4v) is 3.27. The standard InChI is InChI=1S/C15H20ClN3O/c1-10-2-3-13(6-14(10)16)18-15(20)19-5-4-11-7-17-8-12(11)9-19/h2-3,6,11-12,17H,4-5,7-9H2,1H3,(H,18,20). The van der Waals surface area contributed by atoms with E-state index in [1.807, 2.05) is 24.0 Å². The molecule has 108 valence electrons. The van der Waals surface area contributed by atoms with Gasteiger partial charge in [0.1, 0.15) is 0 Å². The highest BCUT2D eigenvalue weighted by molar-refractivity contribution is 6.31. The van der Waals surface area contributed by atoms with Crippen LogP contribution in [0, 0.1) is 18.8 Å². The third-order valence-corrected chi connectivity index (χ3v) is 4.82. The summed E-state index contributed by atoms with van der Waals surface area (Å²) in [6.07, 6.45) is 1.10. The molecule has 2 unspecified atom stereocenters. The molecule has 0 radical (unpaired) electrons. The van der Waals surface area contributed by atoms with E-state index in [1.54, 1.807) is 6.07 Å². The quantitative estimate of drug-likeness (QED) is 0.836. The van der Waals surface area contributed by atoms with Gasteiger partial charge in [-0.25, -0.2) is 4.79 Å². The summed E-state index contributed by atoms with van der Waals surface area (Å²) in [5.41, 5.74) is 1.78. The van der Waals surface area contributed by atoms with E-state index in [-0.39, 0.29) is 6.03 Å². The van der Waals surface area contributed by atoms with E-state index in [2.05, 4.69) is 10.6 Å². The van der Waals surface area contributed by atoms with Crippen molar-refractivity contribution in [2.75, 3.05) is 31.5 Å². The van der Waals surface area contributed by atoms with Gasteiger partial charge >= 0.3 is 6.03 Å². The van der Waals surface area contributed by atoms with Gasteiger partial charge in [-0.2, -0.15) is 0 Å². The zero-order chi connectivity index (χ0) is 14.1. The highest BCUT2D eigenvalue weighted by Gasteiger charge is 2.34. The lowest BCUT2D eigenvalue weighted by molar-refractivity contribution is 0.161. The molecule has 1 aromatic rings. The maximum absolute atomic E-state index is 12.3. The Kier molecular flexibility index (Phi) is 3.85. The van der Waals surface area contributed by atoms with Gasteiger partial charge in [0, 0.05) is 23.8 Å². The summed E-state index contributed by atoms with van der Waals surface area (Å²) in [6, 6.07) is 5.60. The Labute approximate surface area is 124 Å². The lowest BCUT2D eigenvalue weighted by atomic mass is 9.89. The van der Waals surface area contributed by atoms with Crippen LogP contribution in [-0.2, 0) is 0 Å². The molecule has 0 aliphatic carbocycles. The number of carbonyl (C=O) groups excluding carboxylic acids is 1. The van der Waals surface area contributed by atoms with E-state index in [1.165, 1.54) is 0 Å². The molecule has 5 heteroatoms. The number of nitrogens with zero attached hydrogens (tertiary/aromatic N) is 1. The second-order valence-corrected chi connectivity index (χ2v) is 6.21. The number of fused-ring (bicyclic) bond motifs is 1. The third kappa shape index (κ3) is 2.76. The number of rotatable bonds is 1. The van der Waals surface area contributed by atoms with Crippen molar-refractivity contribution in [3.05, 3.63) is 28.8 Å². The van der Waals surface area contributed by atoms with Crippen LogP contribution in [0.15, 0.2) is 18.2 Å². The number of anilines is 1. The number of benzene rings is 1. The Bertz CT molecular complexity index is 520. The number of halogens is 1. The molecule has 0 aromatic heterocycles. The van der Waals surface area contributed by atoms with Gasteiger partial charge in [0.25, 0.3) is 0 Å². The highest BCUT2D eigenvalue weighted by atomic mass is 35.5. The average Bonchev–Trinajstić information content (AvgIpc) is 2.90. The Morgan fingerprint density at radius 2 is 2.20 bits per heavy atom. The smallest absolute Gasteiger partial charge is 0.321 e. The van der Waals surface area contributed by atoms with Gasteiger partial charge in [-0.1, -0.05) is 17.7 Å². The summed E-state index contributed by atoms with van der Waals surface area (Å²) in [5, 5.41) is 7.03. The fourth-order valence-electron chi connectivity index (χ4n) is 3.09. The molecule has 2 N–H and O–H groups in total. The first kappa shape index (κ1) is 13.7. The van der Waals surface area contributed by atoms with Gasteiger partial charge in [-0.05, 0) is 56.0 Å². The van der Waals surface area contributed by atoms with Gasteiger partial charge < -0.3 is 15.5 Å². The lowest BCUT2D eigenvalue weighted by Crippen LogP contribution is -2.45. The van der Waals surface area contributed by atoms with Gasteiger partial charge in [-0.3, -0.25) is 0 Å². The van der Waals surface area contributed by atoms with E-state index >= 15 is 0 Å². The van der Waals surface area contributed by atoms with Crippen LogP contribution in [0.3, 0.4) is 0 Å². The second-order valence-electron chi connectivity index (χ2n) is 5.81. The molecule has 0 spiro atoms. The Morgan fingerprint density at radius 3 is 3.00 bits per heavy atom. The third-order valence-electron chi connectivity index (χ3n) is 4.41. The first-order chi connectivity index (χ1) is 9.63. The van der Waals surface area contributed by atoms with Crippen molar-refractivity contribution in [1.82, 2.24) is 10.2 Å². The van der Waals surface area contributed by atoms with Gasteiger partial charge in [0.05, 0.1) is 0 Å². The van der Waals surface area contributed by atoms with Crippen LogP contribution < -0.4 is 10.6 Å². The van der Waals surface area contributed by atoms with E-state index in [4.69, 9.17) is 11.6 Å². The minimum Gasteiger partial charge on any atom is -0.324 e. The van der Waals surface area contributed by atoms with Crippen LogP contribution >= 0.6 is 11.6 Å². The van der Waals surface area contributed by atoms with Gasteiger partial charge in [-0.15, -0.1) is 0 Å². The largest absolute Gasteiger partial charge is 0.324 e. The monoisotopic (exact) mass is 293 g/mol. The maximum Gasteiger partial charge on any atom is 0.321 e. The molecular weight excluding hydrogens is 274 g/mol. The summed E-state index contributed by atoms with van der Waals surface area (Å²) in [6.45, 7) is 5.78. The molecule has 3 rings (SSSR count). The first-order valence-electron chi connectivity index (χ1n) is 7.16. The number of likely N-dealkylation sites (tertiary alicyclic amines) is 1. The van der Waals surface area contributed by atoms with Crippen molar-refractivity contribution < 1.29 is 4.79 Å². The van der Waals surface area contributed by atoms with Gasteiger partial charge in [0.2, 0.25) is 0 Å². The number of amides is 2. The van der Waals surface area contributed by atoms with E-state index in [0.29, 0.717) is 10.9 Å². The number of urea groups is 1.